The maximum absolute atomic E-state index is 5.89. The molecule has 0 radical (unpaired) electrons. The molecular weight excluding hydrogens is 218 g/mol. The van der Waals surface area contributed by atoms with Gasteiger partial charge in [-0.1, -0.05) is 20.8 Å². The molecule has 1 aliphatic rings. The summed E-state index contributed by atoms with van der Waals surface area (Å²) in [6, 6.07) is 0.362. The summed E-state index contributed by atoms with van der Waals surface area (Å²) in [7, 11) is 0. The van der Waals surface area contributed by atoms with E-state index >= 15 is 0 Å². The standard InChI is InChI=1S/C12H21N3S/c1-12(2,3)11-14-10(8-16-11)7-15-5-4-9(13)6-15/h8-9H,4-7,13H2,1-3H3/t9-/m1/s1. The van der Waals surface area contributed by atoms with E-state index in [-0.39, 0.29) is 5.41 Å². The maximum Gasteiger partial charge on any atom is 0.0982 e. The van der Waals surface area contributed by atoms with Crippen LogP contribution in [0.25, 0.3) is 0 Å². The van der Waals surface area contributed by atoms with Crippen LogP contribution >= 0.6 is 11.3 Å². The van der Waals surface area contributed by atoms with Crippen molar-refractivity contribution in [2.24, 2.45) is 5.73 Å². The zero-order chi connectivity index (χ0) is 11.8. The van der Waals surface area contributed by atoms with Crippen molar-refractivity contribution in [3.8, 4) is 0 Å². The SMILES string of the molecule is CC(C)(C)c1nc(CN2CC[C@@H](N)C2)cs1. The van der Waals surface area contributed by atoms with E-state index in [0.29, 0.717) is 6.04 Å². The highest BCUT2D eigenvalue weighted by molar-refractivity contribution is 7.09. The smallest absolute Gasteiger partial charge is 0.0982 e. The highest BCUT2D eigenvalue weighted by Gasteiger charge is 2.22. The summed E-state index contributed by atoms with van der Waals surface area (Å²) in [4.78, 5) is 7.10. The summed E-state index contributed by atoms with van der Waals surface area (Å²) >= 11 is 1.77. The van der Waals surface area contributed by atoms with Crippen molar-refractivity contribution in [3.05, 3.63) is 16.1 Å². The van der Waals surface area contributed by atoms with Gasteiger partial charge >= 0.3 is 0 Å². The quantitative estimate of drug-likeness (QED) is 0.858. The number of rotatable bonds is 2. The molecule has 0 bridgehead atoms. The molecule has 2 rings (SSSR count). The van der Waals surface area contributed by atoms with Gasteiger partial charge in [0, 0.05) is 36.5 Å². The van der Waals surface area contributed by atoms with Gasteiger partial charge in [-0.3, -0.25) is 4.90 Å². The Morgan fingerprint density at radius 3 is 2.81 bits per heavy atom. The highest BCUT2D eigenvalue weighted by atomic mass is 32.1. The largest absolute Gasteiger partial charge is 0.326 e. The third-order valence-corrected chi connectivity index (χ3v) is 4.20. The van der Waals surface area contributed by atoms with Crippen molar-refractivity contribution in [2.75, 3.05) is 13.1 Å². The molecule has 16 heavy (non-hydrogen) atoms. The molecule has 0 unspecified atom stereocenters. The fourth-order valence-electron chi connectivity index (χ4n) is 1.96. The van der Waals surface area contributed by atoms with Crippen molar-refractivity contribution in [3.63, 3.8) is 0 Å². The molecule has 0 aromatic carbocycles. The zero-order valence-electron chi connectivity index (χ0n) is 10.4. The molecule has 90 valence electrons. The highest BCUT2D eigenvalue weighted by Crippen LogP contribution is 2.26. The van der Waals surface area contributed by atoms with Crippen LogP contribution in [0.2, 0.25) is 0 Å². The van der Waals surface area contributed by atoms with E-state index in [9.17, 15) is 0 Å². The predicted molar refractivity (Wildman–Crippen MR) is 68.7 cm³/mol. The average molecular weight is 239 g/mol. The number of nitrogens with two attached hydrogens (primary N) is 1. The van der Waals surface area contributed by atoms with Crippen LogP contribution in [-0.4, -0.2) is 29.0 Å². The second-order valence-electron chi connectivity index (χ2n) is 5.68. The van der Waals surface area contributed by atoms with E-state index in [1.807, 2.05) is 0 Å². The van der Waals surface area contributed by atoms with Crippen LogP contribution in [0, 0.1) is 0 Å². The summed E-state index contributed by atoms with van der Waals surface area (Å²) in [6.45, 7) is 9.72. The maximum atomic E-state index is 5.89. The minimum absolute atomic E-state index is 0.171. The number of aromatic nitrogens is 1. The summed E-state index contributed by atoms with van der Waals surface area (Å²) in [5, 5.41) is 3.41. The molecule has 3 nitrogen and oxygen atoms in total. The van der Waals surface area contributed by atoms with E-state index in [0.717, 1.165) is 26.1 Å². The first-order valence-corrected chi connectivity index (χ1v) is 6.76. The molecule has 1 aromatic heterocycles. The molecule has 1 atom stereocenters. The summed E-state index contributed by atoms with van der Waals surface area (Å²) in [5.41, 5.74) is 7.26. The number of nitrogens with zero attached hydrogens (tertiary/aromatic N) is 2. The van der Waals surface area contributed by atoms with E-state index in [2.05, 4.69) is 31.1 Å². The average Bonchev–Trinajstić information content (AvgIpc) is 2.74. The van der Waals surface area contributed by atoms with Crippen LogP contribution in [0.4, 0.5) is 0 Å². The van der Waals surface area contributed by atoms with Crippen LogP contribution in [0.3, 0.4) is 0 Å². The lowest BCUT2D eigenvalue weighted by molar-refractivity contribution is 0.323. The Morgan fingerprint density at radius 2 is 2.31 bits per heavy atom. The van der Waals surface area contributed by atoms with Crippen molar-refractivity contribution >= 4 is 11.3 Å². The van der Waals surface area contributed by atoms with Crippen LogP contribution in [0.15, 0.2) is 5.38 Å². The van der Waals surface area contributed by atoms with Crippen LogP contribution in [-0.2, 0) is 12.0 Å². The van der Waals surface area contributed by atoms with Gasteiger partial charge in [-0.25, -0.2) is 4.98 Å². The predicted octanol–water partition coefficient (Wildman–Crippen LogP) is 1.97. The summed E-state index contributed by atoms with van der Waals surface area (Å²) in [6.07, 6.45) is 1.12. The van der Waals surface area contributed by atoms with Gasteiger partial charge in [-0.05, 0) is 6.42 Å². The second kappa shape index (κ2) is 4.43. The molecule has 0 aliphatic carbocycles. The molecule has 1 fully saturated rings. The lowest BCUT2D eigenvalue weighted by Gasteiger charge is -2.15. The monoisotopic (exact) mass is 239 g/mol. The number of hydrogen-bond acceptors (Lipinski definition) is 4. The number of hydrogen-bond donors (Lipinski definition) is 1. The first-order chi connectivity index (χ1) is 7.45. The van der Waals surface area contributed by atoms with Gasteiger partial charge in [0.15, 0.2) is 0 Å². The van der Waals surface area contributed by atoms with Crippen molar-refractivity contribution in [1.29, 1.82) is 0 Å². The molecule has 0 amide bonds. The Bertz CT molecular complexity index is 353. The van der Waals surface area contributed by atoms with E-state index < -0.39 is 0 Å². The zero-order valence-corrected chi connectivity index (χ0v) is 11.2. The molecule has 0 spiro atoms. The minimum atomic E-state index is 0.171. The van der Waals surface area contributed by atoms with Crippen molar-refractivity contribution in [2.45, 2.75) is 45.2 Å². The third kappa shape index (κ3) is 2.81. The second-order valence-corrected chi connectivity index (χ2v) is 6.54. The number of thiazole rings is 1. The molecule has 1 aromatic rings. The molecule has 0 saturated carbocycles. The Balaban J connectivity index is 1.98. The molecular formula is C12H21N3S. The third-order valence-electron chi connectivity index (χ3n) is 2.89. The van der Waals surface area contributed by atoms with Crippen LogP contribution in [0.5, 0.6) is 0 Å². The van der Waals surface area contributed by atoms with Gasteiger partial charge in [0.25, 0.3) is 0 Å². The van der Waals surface area contributed by atoms with E-state index in [1.54, 1.807) is 11.3 Å². The Hall–Kier alpha value is -0.450. The normalized spacial score (nSPS) is 22.9. The fraction of sp³-hybridized carbons (Fsp3) is 0.750. The molecule has 4 heteroatoms. The molecule has 2 heterocycles. The van der Waals surface area contributed by atoms with Gasteiger partial charge < -0.3 is 5.73 Å². The summed E-state index contributed by atoms with van der Waals surface area (Å²) < 4.78 is 0. The first-order valence-electron chi connectivity index (χ1n) is 5.88. The minimum Gasteiger partial charge on any atom is -0.326 e. The first kappa shape index (κ1) is 12.0. The Labute approximate surface area is 102 Å². The Kier molecular flexibility index (Phi) is 3.33. The topological polar surface area (TPSA) is 42.2 Å². The van der Waals surface area contributed by atoms with Gasteiger partial charge in [0.05, 0.1) is 10.7 Å². The van der Waals surface area contributed by atoms with Gasteiger partial charge in [0.2, 0.25) is 0 Å². The lowest BCUT2D eigenvalue weighted by Crippen LogP contribution is -2.26. The van der Waals surface area contributed by atoms with E-state index in [1.165, 1.54) is 10.7 Å². The molecule has 2 N–H and O–H groups in total. The molecule has 1 aliphatic heterocycles. The lowest BCUT2D eigenvalue weighted by atomic mass is 9.98. The van der Waals surface area contributed by atoms with Crippen LogP contribution in [0.1, 0.15) is 37.9 Å². The Morgan fingerprint density at radius 1 is 1.56 bits per heavy atom. The van der Waals surface area contributed by atoms with Gasteiger partial charge in [-0.15, -0.1) is 11.3 Å². The van der Waals surface area contributed by atoms with Crippen LogP contribution < -0.4 is 5.73 Å². The number of likely N-dealkylation sites (tertiary alicyclic amines) is 1. The van der Waals surface area contributed by atoms with E-state index in [4.69, 9.17) is 10.7 Å². The van der Waals surface area contributed by atoms with Gasteiger partial charge in [-0.2, -0.15) is 0 Å². The fourth-order valence-corrected chi connectivity index (χ4v) is 2.86. The van der Waals surface area contributed by atoms with Crippen molar-refractivity contribution < 1.29 is 0 Å². The van der Waals surface area contributed by atoms with Gasteiger partial charge in [0.1, 0.15) is 0 Å². The van der Waals surface area contributed by atoms with Crippen molar-refractivity contribution in [1.82, 2.24) is 9.88 Å². The molecule has 1 saturated heterocycles. The summed E-state index contributed by atoms with van der Waals surface area (Å²) in [5.74, 6) is 0.